The fraction of sp³-hybridized carbons (Fsp3) is 0.0667. The Balaban J connectivity index is 1.96. The van der Waals surface area contributed by atoms with Crippen LogP contribution in [0.25, 0.3) is 0 Å². The van der Waals surface area contributed by atoms with Gasteiger partial charge in [-0.3, -0.25) is 4.79 Å². The summed E-state index contributed by atoms with van der Waals surface area (Å²) in [4.78, 5) is 23.4. The van der Waals surface area contributed by atoms with E-state index in [0.717, 1.165) is 6.07 Å². The van der Waals surface area contributed by atoms with Gasteiger partial charge in [-0.25, -0.2) is 9.18 Å². The van der Waals surface area contributed by atoms with E-state index in [1.807, 2.05) is 0 Å². The first-order chi connectivity index (χ1) is 10.5. The Morgan fingerprint density at radius 1 is 1.05 bits per heavy atom. The highest BCUT2D eigenvalue weighted by molar-refractivity contribution is 6.39. The lowest BCUT2D eigenvalue weighted by Gasteiger charge is -2.09. The van der Waals surface area contributed by atoms with Gasteiger partial charge in [-0.15, -0.1) is 0 Å². The molecule has 0 fully saturated rings. The molecule has 0 radical (unpaired) electrons. The Morgan fingerprint density at radius 2 is 1.68 bits per heavy atom. The van der Waals surface area contributed by atoms with E-state index in [2.05, 4.69) is 5.32 Å². The molecule has 4 nitrogen and oxygen atoms in total. The molecular weight excluding hydrogens is 332 g/mol. The van der Waals surface area contributed by atoms with Crippen molar-refractivity contribution in [1.29, 1.82) is 0 Å². The van der Waals surface area contributed by atoms with Crippen LogP contribution in [0.1, 0.15) is 10.4 Å². The highest BCUT2D eigenvalue weighted by Crippen LogP contribution is 2.29. The molecule has 7 heteroatoms. The van der Waals surface area contributed by atoms with Gasteiger partial charge in [-0.2, -0.15) is 0 Å². The molecule has 2 aromatic rings. The number of hydrogen-bond acceptors (Lipinski definition) is 3. The molecule has 0 aliphatic carbocycles. The smallest absolute Gasteiger partial charge is 0.341 e. The number of amides is 1. The van der Waals surface area contributed by atoms with Crippen LogP contribution in [0.3, 0.4) is 0 Å². The van der Waals surface area contributed by atoms with E-state index in [9.17, 15) is 14.0 Å². The molecule has 0 unspecified atom stereocenters. The Hall–Kier alpha value is -2.11. The second-order valence-electron chi connectivity index (χ2n) is 4.20. The summed E-state index contributed by atoms with van der Waals surface area (Å²) in [5.41, 5.74) is -0.0242. The van der Waals surface area contributed by atoms with Crippen molar-refractivity contribution in [1.82, 2.24) is 0 Å². The molecule has 0 saturated heterocycles. The van der Waals surface area contributed by atoms with Crippen LogP contribution in [0.2, 0.25) is 10.0 Å². The zero-order valence-corrected chi connectivity index (χ0v) is 12.6. The molecule has 2 aromatic carbocycles. The van der Waals surface area contributed by atoms with Gasteiger partial charge < -0.3 is 10.1 Å². The summed E-state index contributed by atoms with van der Waals surface area (Å²) in [5, 5.41) is 2.93. The number of hydrogen-bond donors (Lipinski definition) is 1. The van der Waals surface area contributed by atoms with Gasteiger partial charge >= 0.3 is 5.97 Å². The van der Waals surface area contributed by atoms with E-state index in [-0.39, 0.29) is 21.3 Å². The number of esters is 1. The van der Waals surface area contributed by atoms with Crippen molar-refractivity contribution in [3.8, 4) is 0 Å². The number of carbonyl (C=O) groups is 2. The second-order valence-corrected chi connectivity index (χ2v) is 5.02. The zero-order valence-electron chi connectivity index (χ0n) is 11.1. The van der Waals surface area contributed by atoms with Crippen LogP contribution < -0.4 is 5.32 Å². The summed E-state index contributed by atoms with van der Waals surface area (Å²) in [6.45, 7) is -0.589. The van der Waals surface area contributed by atoms with Gasteiger partial charge in [0.15, 0.2) is 6.61 Å². The maximum Gasteiger partial charge on any atom is 0.341 e. The molecule has 0 aliphatic rings. The fourth-order valence-corrected chi connectivity index (χ4v) is 2.12. The van der Waals surface area contributed by atoms with Crippen LogP contribution in [0.5, 0.6) is 0 Å². The van der Waals surface area contributed by atoms with Gasteiger partial charge in [0.05, 0.1) is 21.3 Å². The molecule has 22 heavy (non-hydrogen) atoms. The summed E-state index contributed by atoms with van der Waals surface area (Å²) in [7, 11) is 0. The van der Waals surface area contributed by atoms with Crippen molar-refractivity contribution in [2.45, 2.75) is 0 Å². The molecule has 1 N–H and O–H groups in total. The SMILES string of the molecule is O=C(COC(=O)c1ccccc1F)Nc1c(Cl)cccc1Cl. The zero-order chi connectivity index (χ0) is 16.1. The topological polar surface area (TPSA) is 55.4 Å². The average Bonchev–Trinajstić information content (AvgIpc) is 2.49. The number of benzene rings is 2. The fourth-order valence-electron chi connectivity index (χ4n) is 1.63. The van der Waals surface area contributed by atoms with Gasteiger partial charge in [-0.05, 0) is 24.3 Å². The van der Waals surface area contributed by atoms with E-state index >= 15 is 0 Å². The lowest BCUT2D eigenvalue weighted by Crippen LogP contribution is -2.21. The highest BCUT2D eigenvalue weighted by Gasteiger charge is 2.15. The summed E-state index contributed by atoms with van der Waals surface area (Å²) in [5.74, 6) is -2.29. The van der Waals surface area contributed by atoms with Crippen LogP contribution >= 0.6 is 23.2 Å². The number of carbonyl (C=O) groups excluding carboxylic acids is 2. The molecule has 0 heterocycles. The number of halogens is 3. The quantitative estimate of drug-likeness (QED) is 0.857. The molecule has 1 amide bonds. The van der Waals surface area contributed by atoms with Crippen molar-refractivity contribution >= 4 is 40.8 Å². The summed E-state index contributed by atoms with van der Waals surface area (Å²) >= 11 is 11.8. The Labute approximate surface area is 135 Å². The predicted octanol–water partition coefficient (Wildman–Crippen LogP) is 3.93. The van der Waals surface area contributed by atoms with Gasteiger partial charge in [-0.1, -0.05) is 41.4 Å². The second kappa shape index (κ2) is 7.24. The Bertz CT molecular complexity index is 701. The van der Waals surface area contributed by atoms with Gasteiger partial charge in [0.25, 0.3) is 5.91 Å². The van der Waals surface area contributed by atoms with Crippen LogP contribution in [0, 0.1) is 5.82 Å². The minimum atomic E-state index is -0.932. The van der Waals surface area contributed by atoms with Crippen molar-refractivity contribution < 1.29 is 18.7 Å². The summed E-state index contributed by atoms with van der Waals surface area (Å²) in [6, 6.07) is 10.0. The first kappa shape index (κ1) is 16.3. The van der Waals surface area contributed by atoms with E-state index < -0.39 is 24.3 Å². The molecule has 0 aromatic heterocycles. The van der Waals surface area contributed by atoms with Crippen molar-refractivity contribution in [3.63, 3.8) is 0 Å². The van der Waals surface area contributed by atoms with Gasteiger partial charge in [0, 0.05) is 0 Å². The monoisotopic (exact) mass is 341 g/mol. The van der Waals surface area contributed by atoms with Crippen molar-refractivity contribution in [2.75, 3.05) is 11.9 Å². The normalized spacial score (nSPS) is 10.1. The Morgan fingerprint density at radius 3 is 2.32 bits per heavy atom. The number of rotatable bonds is 4. The molecule has 0 atom stereocenters. The summed E-state index contributed by atoms with van der Waals surface area (Å²) in [6.07, 6.45) is 0. The summed E-state index contributed by atoms with van der Waals surface area (Å²) < 4.78 is 18.1. The van der Waals surface area contributed by atoms with Crippen molar-refractivity contribution in [3.05, 3.63) is 63.9 Å². The molecule has 0 aliphatic heterocycles. The maximum absolute atomic E-state index is 13.4. The molecule has 2 rings (SSSR count). The van der Waals surface area contributed by atoms with Crippen LogP contribution in [0.15, 0.2) is 42.5 Å². The lowest BCUT2D eigenvalue weighted by molar-refractivity contribution is -0.119. The Kier molecular flexibility index (Phi) is 5.35. The van der Waals surface area contributed by atoms with E-state index in [0.29, 0.717) is 0 Å². The molecule has 114 valence electrons. The highest BCUT2D eigenvalue weighted by atomic mass is 35.5. The minimum Gasteiger partial charge on any atom is -0.452 e. The van der Waals surface area contributed by atoms with E-state index in [1.54, 1.807) is 18.2 Å². The largest absolute Gasteiger partial charge is 0.452 e. The molecular formula is C15H10Cl2FNO3. The molecule has 0 bridgehead atoms. The van der Waals surface area contributed by atoms with E-state index in [1.165, 1.54) is 18.2 Å². The standard InChI is InChI=1S/C15H10Cl2FNO3/c16-10-5-3-6-11(17)14(10)19-13(20)8-22-15(21)9-4-1-2-7-12(9)18/h1-7H,8H2,(H,19,20). The first-order valence-electron chi connectivity index (χ1n) is 6.14. The van der Waals surface area contributed by atoms with E-state index in [4.69, 9.17) is 27.9 Å². The third-order valence-corrected chi connectivity index (χ3v) is 3.29. The number of anilines is 1. The van der Waals surface area contributed by atoms with Crippen LogP contribution in [-0.4, -0.2) is 18.5 Å². The third kappa shape index (κ3) is 3.96. The number of ether oxygens (including phenoxy) is 1. The third-order valence-electron chi connectivity index (χ3n) is 2.66. The number of para-hydroxylation sites is 1. The lowest BCUT2D eigenvalue weighted by atomic mass is 10.2. The van der Waals surface area contributed by atoms with Crippen molar-refractivity contribution in [2.24, 2.45) is 0 Å². The average molecular weight is 342 g/mol. The predicted molar refractivity (Wildman–Crippen MR) is 81.8 cm³/mol. The molecule has 0 saturated carbocycles. The van der Waals surface area contributed by atoms with Crippen LogP contribution in [-0.2, 0) is 9.53 Å². The minimum absolute atomic E-state index is 0.220. The van der Waals surface area contributed by atoms with Gasteiger partial charge in [0.1, 0.15) is 5.82 Å². The number of nitrogens with one attached hydrogen (secondary N) is 1. The maximum atomic E-state index is 13.4. The van der Waals surface area contributed by atoms with Crippen LogP contribution in [0.4, 0.5) is 10.1 Å². The first-order valence-corrected chi connectivity index (χ1v) is 6.90. The molecule has 0 spiro atoms. The van der Waals surface area contributed by atoms with Gasteiger partial charge in [0.2, 0.25) is 0 Å².